The number of hydrogen-bond acceptors (Lipinski definition) is 3. The van der Waals surface area contributed by atoms with Crippen LogP contribution in [-0.4, -0.2) is 21.1 Å². The maximum Gasteiger partial charge on any atom is 0.115 e. The van der Waals surface area contributed by atoms with Crippen LogP contribution in [0, 0.1) is 0 Å². The van der Waals surface area contributed by atoms with Gasteiger partial charge in [-0.1, -0.05) is 6.92 Å². The third-order valence-corrected chi connectivity index (χ3v) is 4.47. The maximum absolute atomic E-state index is 4.60. The highest BCUT2D eigenvalue weighted by Crippen LogP contribution is 2.41. The smallest absolute Gasteiger partial charge is 0.115 e. The Kier molecular flexibility index (Phi) is 2.59. The van der Waals surface area contributed by atoms with Crippen LogP contribution in [0.2, 0.25) is 0 Å². The molecule has 0 spiro atoms. The zero-order valence-electron chi connectivity index (χ0n) is 7.46. The van der Waals surface area contributed by atoms with Gasteiger partial charge in [0.2, 0.25) is 0 Å². The molecule has 0 fully saturated rings. The molecule has 0 aromatic carbocycles. The van der Waals surface area contributed by atoms with E-state index in [4.69, 9.17) is 0 Å². The number of thioether (sulfide) groups is 1. The summed E-state index contributed by atoms with van der Waals surface area (Å²) >= 11 is 6.34. The fourth-order valence-corrected chi connectivity index (χ4v) is 2.68. The molecule has 0 unspecified atom stereocenters. The van der Waals surface area contributed by atoms with Gasteiger partial charge in [-0.15, -0.1) is 11.8 Å². The molecule has 11 heavy (non-hydrogen) atoms. The van der Waals surface area contributed by atoms with Crippen molar-refractivity contribution in [1.82, 2.24) is 0 Å². The second kappa shape index (κ2) is 3.02. The first-order chi connectivity index (χ1) is 4.96. The molecule has 64 valence electrons. The van der Waals surface area contributed by atoms with Crippen LogP contribution < -0.4 is 0 Å². The van der Waals surface area contributed by atoms with Gasteiger partial charge in [-0.25, -0.2) is 0 Å². The Morgan fingerprint density at radius 1 is 1.73 bits per heavy atom. The zero-order valence-corrected chi connectivity index (χ0v) is 9.17. The normalized spacial score (nSPS) is 40.5. The van der Waals surface area contributed by atoms with Crippen molar-refractivity contribution in [2.75, 3.05) is 0 Å². The SMILES string of the molecule is CC1=N[C@](C)([C@H](C)S)S[C@@H]1C. The van der Waals surface area contributed by atoms with Crippen LogP contribution in [0.15, 0.2) is 4.99 Å². The Bertz CT molecular complexity index is 189. The molecule has 0 aromatic rings. The fourth-order valence-electron chi connectivity index (χ4n) is 1.10. The lowest BCUT2D eigenvalue weighted by molar-refractivity contribution is 0.682. The summed E-state index contributed by atoms with van der Waals surface area (Å²) in [5.74, 6) is 0. The number of rotatable bonds is 1. The first kappa shape index (κ1) is 9.46. The molecule has 0 radical (unpaired) electrons. The summed E-state index contributed by atoms with van der Waals surface area (Å²) in [6.45, 7) is 8.55. The van der Waals surface area contributed by atoms with Crippen LogP contribution in [0.4, 0.5) is 0 Å². The second-order valence-electron chi connectivity index (χ2n) is 3.24. The highest BCUT2D eigenvalue weighted by Gasteiger charge is 2.36. The first-order valence-electron chi connectivity index (χ1n) is 3.88. The number of thiol groups is 1. The minimum absolute atomic E-state index is 0.00656. The molecule has 0 bridgehead atoms. The molecule has 3 heteroatoms. The lowest BCUT2D eigenvalue weighted by atomic mass is 10.2. The van der Waals surface area contributed by atoms with Crippen LogP contribution >= 0.6 is 24.4 Å². The topological polar surface area (TPSA) is 12.4 Å². The molecule has 3 atom stereocenters. The molecule has 0 amide bonds. The minimum Gasteiger partial charge on any atom is -0.275 e. The Morgan fingerprint density at radius 2 is 2.27 bits per heavy atom. The third kappa shape index (κ3) is 1.75. The second-order valence-corrected chi connectivity index (χ2v) is 5.79. The van der Waals surface area contributed by atoms with E-state index >= 15 is 0 Å². The number of nitrogens with zero attached hydrogens (tertiary/aromatic N) is 1. The summed E-state index contributed by atoms with van der Waals surface area (Å²) in [5, 5.41) is 0.891. The predicted octanol–water partition coefficient (Wildman–Crippen LogP) is 2.62. The summed E-state index contributed by atoms with van der Waals surface area (Å²) in [6.07, 6.45) is 0. The summed E-state index contributed by atoms with van der Waals surface area (Å²) < 4.78 is 0. The van der Waals surface area contributed by atoms with E-state index in [-0.39, 0.29) is 4.87 Å². The van der Waals surface area contributed by atoms with Gasteiger partial charge in [0.05, 0.1) is 0 Å². The lowest BCUT2D eigenvalue weighted by Gasteiger charge is -2.24. The Morgan fingerprint density at radius 3 is 2.45 bits per heavy atom. The minimum atomic E-state index is 0.00656. The van der Waals surface area contributed by atoms with Crippen LogP contribution in [0.5, 0.6) is 0 Å². The molecule has 0 aliphatic carbocycles. The highest BCUT2D eigenvalue weighted by molar-refractivity contribution is 8.03. The molecule has 1 aliphatic heterocycles. The fraction of sp³-hybridized carbons (Fsp3) is 0.875. The molecule has 0 saturated heterocycles. The summed E-state index contributed by atoms with van der Waals surface area (Å²) in [4.78, 5) is 4.61. The molecular weight excluding hydrogens is 174 g/mol. The van der Waals surface area contributed by atoms with Gasteiger partial charge in [0, 0.05) is 16.2 Å². The van der Waals surface area contributed by atoms with Crippen molar-refractivity contribution in [1.29, 1.82) is 0 Å². The van der Waals surface area contributed by atoms with Gasteiger partial charge < -0.3 is 0 Å². The van der Waals surface area contributed by atoms with Crippen molar-refractivity contribution in [3.05, 3.63) is 0 Å². The Balaban J connectivity index is 2.79. The van der Waals surface area contributed by atoms with Gasteiger partial charge in [-0.3, -0.25) is 4.99 Å². The van der Waals surface area contributed by atoms with Gasteiger partial charge in [-0.2, -0.15) is 12.6 Å². The van der Waals surface area contributed by atoms with Crippen LogP contribution in [0.25, 0.3) is 0 Å². The van der Waals surface area contributed by atoms with E-state index in [9.17, 15) is 0 Å². The average Bonchev–Trinajstić information content (AvgIpc) is 2.09. The molecule has 1 nitrogen and oxygen atoms in total. The van der Waals surface area contributed by atoms with Crippen molar-refractivity contribution in [3.63, 3.8) is 0 Å². The van der Waals surface area contributed by atoms with Gasteiger partial charge in [0.1, 0.15) is 4.87 Å². The predicted molar refractivity (Wildman–Crippen MR) is 57.0 cm³/mol. The van der Waals surface area contributed by atoms with E-state index < -0.39 is 0 Å². The summed E-state index contributed by atoms with van der Waals surface area (Å²) in [7, 11) is 0. The number of hydrogen-bond donors (Lipinski definition) is 1. The largest absolute Gasteiger partial charge is 0.275 e. The molecular formula is C8H15NS2. The highest BCUT2D eigenvalue weighted by atomic mass is 32.2. The average molecular weight is 189 g/mol. The maximum atomic E-state index is 4.60. The Hall–Kier alpha value is 0.370. The monoisotopic (exact) mass is 189 g/mol. The van der Waals surface area contributed by atoms with E-state index in [1.807, 2.05) is 11.8 Å². The Labute approximate surface area is 78.5 Å². The third-order valence-electron chi connectivity index (χ3n) is 2.18. The molecule has 0 N–H and O–H groups in total. The van der Waals surface area contributed by atoms with E-state index in [1.165, 1.54) is 5.71 Å². The van der Waals surface area contributed by atoms with E-state index in [0.717, 1.165) is 0 Å². The van der Waals surface area contributed by atoms with Crippen molar-refractivity contribution in [3.8, 4) is 0 Å². The lowest BCUT2D eigenvalue weighted by Crippen LogP contribution is -2.25. The van der Waals surface area contributed by atoms with Gasteiger partial charge in [0.15, 0.2) is 0 Å². The first-order valence-corrected chi connectivity index (χ1v) is 5.27. The van der Waals surface area contributed by atoms with Gasteiger partial charge >= 0.3 is 0 Å². The molecule has 1 rings (SSSR count). The van der Waals surface area contributed by atoms with Crippen LogP contribution in [0.1, 0.15) is 27.7 Å². The van der Waals surface area contributed by atoms with Crippen LogP contribution in [-0.2, 0) is 0 Å². The van der Waals surface area contributed by atoms with Gasteiger partial charge in [0.25, 0.3) is 0 Å². The van der Waals surface area contributed by atoms with Gasteiger partial charge in [-0.05, 0) is 20.8 Å². The molecule has 0 aromatic heterocycles. The molecule has 1 heterocycles. The van der Waals surface area contributed by atoms with Crippen LogP contribution in [0.3, 0.4) is 0 Å². The van der Waals surface area contributed by atoms with E-state index in [2.05, 4.69) is 45.3 Å². The van der Waals surface area contributed by atoms with E-state index in [0.29, 0.717) is 10.5 Å². The molecule has 0 saturated carbocycles. The van der Waals surface area contributed by atoms with Crippen molar-refractivity contribution in [2.45, 2.75) is 43.1 Å². The van der Waals surface area contributed by atoms with Crippen molar-refractivity contribution >= 4 is 30.1 Å². The van der Waals surface area contributed by atoms with Crippen molar-refractivity contribution in [2.24, 2.45) is 4.99 Å². The quantitative estimate of drug-likeness (QED) is 0.625. The molecule has 1 aliphatic rings. The summed E-state index contributed by atoms with van der Waals surface area (Å²) in [5.41, 5.74) is 1.25. The summed E-state index contributed by atoms with van der Waals surface area (Å²) in [6, 6.07) is 0. The standard InChI is InChI=1S/C8H15NS2/c1-5-6(2)11-8(4,9-5)7(3)10/h6-7,10H,1-4H3/t6-,7+,8+/m1/s1. The number of aliphatic imine (C=N–C) groups is 1. The zero-order chi connectivity index (χ0) is 8.65. The van der Waals surface area contributed by atoms with E-state index in [1.54, 1.807) is 0 Å². The van der Waals surface area contributed by atoms with Crippen molar-refractivity contribution < 1.29 is 0 Å².